The number of hydrogen-bond acceptors (Lipinski definition) is 8. The van der Waals surface area contributed by atoms with Crippen LogP contribution in [0.4, 0.5) is 5.69 Å². The lowest BCUT2D eigenvalue weighted by molar-refractivity contribution is -0.384. The Bertz CT molecular complexity index is 1150. The van der Waals surface area contributed by atoms with E-state index in [1.807, 2.05) is 0 Å². The van der Waals surface area contributed by atoms with Gasteiger partial charge in [0.25, 0.3) is 5.69 Å². The van der Waals surface area contributed by atoms with Gasteiger partial charge in [-0.3, -0.25) is 14.9 Å². The van der Waals surface area contributed by atoms with Crippen LogP contribution < -0.4 is 19.6 Å². The molecule has 0 bridgehead atoms. The van der Waals surface area contributed by atoms with Crippen molar-refractivity contribution >= 4 is 17.8 Å². The molecule has 0 aliphatic rings. The number of nitro groups is 1. The van der Waals surface area contributed by atoms with Gasteiger partial charge in [-0.15, -0.1) is 0 Å². The van der Waals surface area contributed by atoms with Crippen LogP contribution in [-0.4, -0.2) is 38.4 Å². The highest BCUT2D eigenvalue weighted by Crippen LogP contribution is 2.34. The number of ether oxygens (including phenoxy) is 3. The third-order valence-electron chi connectivity index (χ3n) is 4.48. The largest absolute Gasteiger partial charge is 0.496 e. The minimum Gasteiger partial charge on any atom is -0.496 e. The molecule has 166 valence electrons. The lowest BCUT2D eigenvalue weighted by Crippen LogP contribution is -2.19. The highest BCUT2D eigenvalue weighted by molar-refractivity contribution is 5.82. The van der Waals surface area contributed by atoms with Crippen molar-refractivity contribution in [3.63, 3.8) is 0 Å². The number of hydrazone groups is 1. The molecule has 1 heterocycles. The van der Waals surface area contributed by atoms with Gasteiger partial charge in [0.15, 0.2) is 11.5 Å². The number of carbonyl (C=O) groups is 1. The Morgan fingerprint density at radius 3 is 2.47 bits per heavy atom. The summed E-state index contributed by atoms with van der Waals surface area (Å²) in [5, 5.41) is 14.8. The average Bonchev–Trinajstić information content (AvgIpc) is 3.27. The van der Waals surface area contributed by atoms with Gasteiger partial charge in [-0.1, -0.05) is 6.07 Å². The summed E-state index contributed by atoms with van der Waals surface area (Å²) in [4.78, 5) is 22.6. The first kappa shape index (κ1) is 22.3. The first-order valence-corrected chi connectivity index (χ1v) is 9.40. The van der Waals surface area contributed by atoms with Crippen LogP contribution in [0.2, 0.25) is 0 Å². The molecule has 10 nitrogen and oxygen atoms in total. The van der Waals surface area contributed by atoms with Crippen LogP contribution in [0.5, 0.6) is 17.2 Å². The SMILES string of the molecule is COc1ccc(CC(=O)N/N=C/c2ccc(-c3ccc([N+](=O)[O-])cc3OC)o2)cc1OC. The van der Waals surface area contributed by atoms with Crippen LogP contribution in [0.3, 0.4) is 0 Å². The first-order valence-electron chi connectivity index (χ1n) is 9.40. The van der Waals surface area contributed by atoms with E-state index in [9.17, 15) is 14.9 Å². The molecule has 3 rings (SSSR count). The summed E-state index contributed by atoms with van der Waals surface area (Å²) >= 11 is 0. The second kappa shape index (κ2) is 10.1. The third kappa shape index (κ3) is 5.22. The van der Waals surface area contributed by atoms with Gasteiger partial charge >= 0.3 is 0 Å². The van der Waals surface area contributed by atoms with E-state index in [1.165, 1.54) is 39.7 Å². The number of hydrogen-bond donors (Lipinski definition) is 1. The Hall–Kier alpha value is -4.34. The fourth-order valence-electron chi connectivity index (χ4n) is 2.95. The topological polar surface area (TPSA) is 125 Å². The summed E-state index contributed by atoms with van der Waals surface area (Å²) in [6, 6.07) is 12.8. The Kier molecular flexibility index (Phi) is 7.06. The quantitative estimate of drug-likeness (QED) is 0.307. The number of nitrogens with one attached hydrogen (secondary N) is 1. The number of carbonyl (C=O) groups excluding carboxylic acids is 1. The van der Waals surface area contributed by atoms with Crippen LogP contribution in [0.1, 0.15) is 11.3 Å². The Balaban J connectivity index is 1.64. The van der Waals surface area contributed by atoms with Crippen molar-refractivity contribution in [2.45, 2.75) is 6.42 Å². The molecule has 0 spiro atoms. The summed E-state index contributed by atoms with van der Waals surface area (Å²) in [6.45, 7) is 0. The molecule has 0 fully saturated rings. The van der Waals surface area contributed by atoms with Crippen LogP contribution in [-0.2, 0) is 11.2 Å². The molecule has 1 amide bonds. The maximum Gasteiger partial charge on any atom is 0.273 e. The Labute approximate surface area is 183 Å². The van der Waals surface area contributed by atoms with Gasteiger partial charge in [-0.25, -0.2) is 5.43 Å². The number of benzene rings is 2. The second-order valence-corrected chi connectivity index (χ2v) is 6.50. The van der Waals surface area contributed by atoms with E-state index < -0.39 is 4.92 Å². The number of furan rings is 1. The van der Waals surface area contributed by atoms with E-state index in [0.717, 1.165) is 5.56 Å². The molecule has 1 N–H and O–H groups in total. The molecule has 0 unspecified atom stereocenters. The molecule has 0 aliphatic heterocycles. The Morgan fingerprint density at radius 1 is 1.03 bits per heavy atom. The van der Waals surface area contributed by atoms with Gasteiger partial charge in [0, 0.05) is 6.07 Å². The van der Waals surface area contributed by atoms with Gasteiger partial charge < -0.3 is 18.6 Å². The van der Waals surface area contributed by atoms with Crippen LogP contribution in [0.15, 0.2) is 58.0 Å². The standard InChI is InChI=1S/C22H21N3O7/c1-29-19-8-4-14(10-21(19)31-3)11-22(26)24-23-13-16-6-9-18(32-16)17-7-5-15(25(27)28)12-20(17)30-2/h4-10,12-13H,11H2,1-3H3,(H,24,26)/b23-13+. The van der Waals surface area contributed by atoms with Gasteiger partial charge in [0.1, 0.15) is 17.3 Å². The normalized spacial score (nSPS) is 10.7. The summed E-state index contributed by atoms with van der Waals surface area (Å²) < 4.78 is 21.3. The van der Waals surface area contributed by atoms with Gasteiger partial charge in [0.2, 0.25) is 5.91 Å². The lowest BCUT2D eigenvalue weighted by atomic mass is 10.1. The zero-order chi connectivity index (χ0) is 23.1. The molecule has 1 aromatic heterocycles. The van der Waals surface area contributed by atoms with Crippen LogP contribution in [0, 0.1) is 10.1 Å². The van der Waals surface area contributed by atoms with Crippen molar-refractivity contribution in [3.8, 4) is 28.6 Å². The minimum absolute atomic E-state index is 0.0869. The van der Waals surface area contributed by atoms with Gasteiger partial charge in [0.05, 0.1) is 50.5 Å². The zero-order valence-corrected chi connectivity index (χ0v) is 17.7. The van der Waals surface area contributed by atoms with Crippen molar-refractivity contribution in [2.24, 2.45) is 5.10 Å². The van der Waals surface area contributed by atoms with Crippen LogP contribution in [0.25, 0.3) is 11.3 Å². The highest BCUT2D eigenvalue weighted by atomic mass is 16.6. The van der Waals surface area contributed by atoms with Crippen LogP contribution >= 0.6 is 0 Å². The molecule has 32 heavy (non-hydrogen) atoms. The van der Waals surface area contributed by atoms with E-state index in [4.69, 9.17) is 18.6 Å². The molecule has 0 atom stereocenters. The summed E-state index contributed by atoms with van der Waals surface area (Å²) in [5.74, 6) is 1.92. The Morgan fingerprint density at radius 2 is 1.78 bits per heavy atom. The number of non-ortho nitro benzene ring substituents is 1. The molecule has 10 heteroatoms. The number of nitro benzene ring substituents is 1. The molecule has 2 aromatic carbocycles. The van der Waals surface area contributed by atoms with Gasteiger partial charge in [-0.05, 0) is 35.9 Å². The van der Waals surface area contributed by atoms with E-state index in [-0.39, 0.29) is 18.0 Å². The van der Waals surface area contributed by atoms with Crippen molar-refractivity contribution in [1.29, 1.82) is 0 Å². The van der Waals surface area contributed by atoms with Crippen molar-refractivity contribution in [2.75, 3.05) is 21.3 Å². The molecule has 3 aromatic rings. The van der Waals surface area contributed by atoms with Crippen molar-refractivity contribution in [1.82, 2.24) is 5.43 Å². The van der Waals surface area contributed by atoms with E-state index in [2.05, 4.69) is 10.5 Å². The van der Waals surface area contributed by atoms with E-state index in [0.29, 0.717) is 34.3 Å². The zero-order valence-electron chi connectivity index (χ0n) is 17.7. The lowest BCUT2D eigenvalue weighted by Gasteiger charge is -2.09. The van der Waals surface area contributed by atoms with Crippen molar-refractivity contribution in [3.05, 3.63) is 70.0 Å². The fourth-order valence-corrected chi connectivity index (χ4v) is 2.95. The summed E-state index contributed by atoms with van der Waals surface area (Å²) in [5.41, 5.74) is 3.64. The monoisotopic (exact) mass is 439 g/mol. The number of rotatable bonds is 9. The second-order valence-electron chi connectivity index (χ2n) is 6.50. The third-order valence-corrected chi connectivity index (χ3v) is 4.48. The maximum absolute atomic E-state index is 12.2. The smallest absolute Gasteiger partial charge is 0.273 e. The number of amides is 1. The van der Waals surface area contributed by atoms with Crippen molar-refractivity contribution < 1.29 is 28.3 Å². The molecular weight excluding hydrogens is 418 g/mol. The highest BCUT2D eigenvalue weighted by Gasteiger charge is 2.15. The molecule has 0 radical (unpaired) electrons. The van der Waals surface area contributed by atoms with E-state index in [1.54, 1.807) is 36.4 Å². The molecular formula is C22H21N3O7. The van der Waals surface area contributed by atoms with E-state index >= 15 is 0 Å². The maximum atomic E-state index is 12.2. The molecule has 0 saturated carbocycles. The number of methoxy groups -OCH3 is 3. The predicted molar refractivity (Wildman–Crippen MR) is 116 cm³/mol. The minimum atomic E-state index is -0.503. The molecule has 0 aliphatic carbocycles. The average molecular weight is 439 g/mol. The summed E-state index contributed by atoms with van der Waals surface area (Å²) in [7, 11) is 4.48. The number of nitrogens with zero attached hydrogens (tertiary/aromatic N) is 2. The fraction of sp³-hybridized carbons (Fsp3) is 0.182. The molecule has 0 saturated heterocycles. The summed E-state index contributed by atoms with van der Waals surface area (Å²) in [6.07, 6.45) is 1.45. The predicted octanol–water partition coefficient (Wildman–Crippen LogP) is 3.57. The first-order chi connectivity index (χ1) is 15.4. The van der Waals surface area contributed by atoms with Gasteiger partial charge in [-0.2, -0.15) is 5.10 Å².